The summed E-state index contributed by atoms with van der Waals surface area (Å²) in [5.41, 5.74) is 0.448. The Kier molecular flexibility index (Phi) is 3.57. The zero-order valence-corrected chi connectivity index (χ0v) is 11.9. The smallest absolute Gasteiger partial charge is 0.338 e. The Bertz CT molecular complexity index is 551. The Hall–Kier alpha value is -1.69. The molecule has 2 aliphatic rings. The maximum atomic E-state index is 12.0. The molecule has 5 heteroatoms. The number of esters is 1. The van der Waals surface area contributed by atoms with Crippen molar-refractivity contribution in [1.82, 2.24) is 0 Å². The fourth-order valence-electron chi connectivity index (χ4n) is 2.62. The number of carbonyl (C=O) groups excluding carboxylic acids is 1. The molecule has 1 fully saturated rings. The average Bonchev–Trinajstić information content (AvgIpc) is 2.78. The van der Waals surface area contributed by atoms with Gasteiger partial charge in [0.05, 0.1) is 5.56 Å². The van der Waals surface area contributed by atoms with Crippen molar-refractivity contribution < 1.29 is 24.1 Å². The molecule has 1 aromatic carbocycles. The quantitative estimate of drug-likeness (QED) is 0.663. The first-order valence-corrected chi connectivity index (χ1v) is 6.94. The molecule has 3 rings (SSSR count). The molecule has 1 aliphatic heterocycles. The molecule has 0 aromatic heterocycles. The summed E-state index contributed by atoms with van der Waals surface area (Å²) in [5.74, 6) is -1.22. The second-order valence-corrected chi connectivity index (χ2v) is 5.68. The van der Waals surface area contributed by atoms with Crippen LogP contribution in [-0.2, 0) is 14.2 Å². The van der Waals surface area contributed by atoms with E-state index in [9.17, 15) is 9.90 Å². The summed E-state index contributed by atoms with van der Waals surface area (Å²) in [6.07, 6.45) is 0.887. The van der Waals surface area contributed by atoms with Crippen molar-refractivity contribution in [1.29, 1.82) is 0 Å². The van der Waals surface area contributed by atoms with Crippen LogP contribution >= 0.6 is 0 Å². The average molecular weight is 290 g/mol. The summed E-state index contributed by atoms with van der Waals surface area (Å²) >= 11 is 0. The summed E-state index contributed by atoms with van der Waals surface area (Å²) in [7, 11) is 0. The third-order valence-corrected chi connectivity index (χ3v) is 3.58. The molecule has 0 saturated carbocycles. The van der Waals surface area contributed by atoms with Crippen molar-refractivity contribution in [2.24, 2.45) is 0 Å². The maximum Gasteiger partial charge on any atom is 0.338 e. The Labute approximate surface area is 123 Å². The molecule has 1 N–H and O–H groups in total. The van der Waals surface area contributed by atoms with E-state index in [0.717, 1.165) is 0 Å². The Morgan fingerprint density at radius 2 is 1.90 bits per heavy atom. The molecule has 1 heterocycles. The first kappa shape index (κ1) is 14.3. The minimum absolute atomic E-state index is 0.318. The van der Waals surface area contributed by atoms with Gasteiger partial charge in [0.2, 0.25) is 0 Å². The molecule has 0 unspecified atom stereocenters. The van der Waals surface area contributed by atoms with Crippen LogP contribution in [-0.4, -0.2) is 41.3 Å². The van der Waals surface area contributed by atoms with Crippen LogP contribution < -0.4 is 0 Å². The van der Waals surface area contributed by atoms with E-state index in [2.05, 4.69) is 0 Å². The number of hydrogen-bond donors (Lipinski definition) is 1. The zero-order valence-electron chi connectivity index (χ0n) is 11.9. The monoisotopic (exact) mass is 290 g/mol. The van der Waals surface area contributed by atoms with Crippen LogP contribution in [0, 0.1) is 0 Å². The number of benzene rings is 1. The fourth-order valence-corrected chi connectivity index (χ4v) is 2.62. The van der Waals surface area contributed by atoms with E-state index >= 15 is 0 Å². The molecule has 112 valence electrons. The number of ether oxygens (including phenoxy) is 3. The van der Waals surface area contributed by atoms with E-state index in [4.69, 9.17) is 14.2 Å². The van der Waals surface area contributed by atoms with Gasteiger partial charge in [-0.15, -0.1) is 0 Å². The van der Waals surface area contributed by atoms with Gasteiger partial charge < -0.3 is 19.3 Å². The fraction of sp³-hybridized carbons (Fsp3) is 0.438. The van der Waals surface area contributed by atoms with Crippen molar-refractivity contribution in [2.75, 3.05) is 0 Å². The molecule has 1 aliphatic carbocycles. The summed E-state index contributed by atoms with van der Waals surface area (Å²) in [4.78, 5) is 12.0. The molecule has 0 spiro atoms. The molecule has 1 saturated heterocycles. The second-order valence-electron chi connectivity index (χ2n) is 5.68. The van der Waals surface area contributed by atoms with Crippen LogP contribution in [0.2, 0.25) is 0 Å². The molecule has 4 atom stereocenters. The third-order valence-electron chi connectivity index (χ3n) is 3.58. The van der Waals surface area contributed by atoms with Crippen molar-refractivity contribution in [3.05, 3.63) is 48.0 Å². The SMILES string of the molecule is CC1(C)O[C@@H]2[C@@H](O)[C@H](OC(=O)c3ccccc3)C=C[C@@H]2O1. The predicted molar refractivity (Wildman–Crippen MR) is 74.6 cm³/mol. The van der Waals surface area contributed by atoms with Gasteiger partial charge in [-0.1, -0.05) is 24.3 Å². The van der Waals surface area contributed by atoms with Crippen molar-refractivity contribution in [2.45, 2.75) is 44.1 Å². The number of aliphatic hydroxyl groups excluding tert-OH is 1. The van der Waals surface area contributed by atoms with Crippen LogP contribution in [0.3, 0.4) is 0 Å². The molecule has 0 amide bonds. The lowest BCUT2D eigenvalue weighted by atomic mass is 9.96. The highest BCUT2D eigenvalue weighted by Gasteiger charge is 2.48. The number of hydrogen-bond acceptors (Lipinski definition) is 5. The molecule has 21 heavy (non-hydrogen) atoms. The normalized spacial score (nSPS) is 33.5. The highest BCUT2D eigenvalue weighted by molar-refractivity contribution is 5.89. The molecule has 5 nitrogen and oxygen atoms in total. The van der Waals surface area contributed by atoms with Crippen molar-refractivity contribution >= 4 is 5.97 Å². The van der Waals surface area contributed by atoms with E-state index in [1.54, 1.807) is 50.3 Å². The highest BCUT2D eigenvalue weighted by atomic mass is 16.8. The first-order valence-electron chi connectivity index (χ1n) is 6.94. The topological polar surface area (TPSA) is 65.0 Å². The zero-order chi connectivity index (χ0) is 15.0. The van der Waals surface area contributed by atoms with Gasteiger partial charge in [0.25, 0.3) is 0 Å². The van der Waals surface area contributed by atoms with Gasteiger partial charge in [0.1, 0.15) is 24.4 Å². The summed E-state index contributed by atoms with van der Waals surface area (Å²) in [5, 5.41) is 10.3. The van der Waals surface area contributed by atoms with Gasteiger partial charge in [0, 0.05) is 0 Å². The number of rotatable bonds is 2. The number of carbonyl (C=O) groups is 1. The van der Waals surface area contributed by atoms with Crippen molar-refractivity contribution in [3.63, 3.8) is 0 Å². The van der Waals surface area contributed by atoms with E-state index < -0.39 is 30.1 Å². The molecule has 0 bridgehead atoms. The van der Waals surface area contributed by atoms with Crippen LogP contribution in [0.4, 0.5) is 0 Å². The van der Waals surface area contributed by atoms with Crippen LogP contribution in [0.25, 0.3) is 0 Å². The standard InChI is InChI=1S/C16H18O5/c1-16(2)20-12-9-8-11(13(17)14(12)21-16)19-15(18)10-6-4-3-5-7-10/h3-9,11-14,17H,1-2H3/t11-,12+,13+,14+/m1/s1. The van der Waals surface area contributed by atoms with E-state index in [1.807, 2.05) is 6.07 Å². The largest absolute Gasteiger partial charge is 0.452 e. The third kappa shape index (κ3) is 2.85. The number of aliphatic hydroxyl groups is 1. The van der Waals surface area contributed by atoms with E-state index in [1.165, 1.54) is 0 Å². The maximum absolute atomic E-state index is 12.0. The molecule has 1 aromatic rings. The van der Waals surface area contributed by atoms with Gasteiger partial charge in [-0.2, -0.15) is 0 Å². The van der Waals surface area contributed by atoms with E-state index in [-0.39, 0.29) is 6.10 Å². The minimum Gasteiger partial charge on any atom is -0.452 e. The second kappa shape index (κ2) is 5.26. The summed E-state index contributed by atoms with van der Waals surface area (Å²) in [6, 6.07) is 8.68. The summed E-state index contributed by atoms with van der Waals surface area (Å²) in [6.45, 7) is 3.58. The van der Waals surface area contributed by atoms with Gasteiger partial charge in [-0.25, -0.2) is 4.79 Å². The van der Waals surface area contributed by atoms with Gasteiger partial charge >= 0.3 is 5.97 Å². The lowest BCUT2D eigenvalue weighted by Crippen LogP contribution is -2.46. The van der Waals surface area contributed by atoms with E-state index in [0.29, 0.717) is 5.56 Å². The van der Waals surface area contributed by atoms with Gasteiger partial charge in [-0.3, -0.25) is 0 Å². The van der Waals surface area contributed by atoms with Gasteiger partial charge in [-0.05, 0) is 32.1 Å². The minimum atomic E-state index is -0.950. The van der Waals surface area contributed by atoms with Crippen molar-refractivity contribution in [3.8, 4) is 0 Å². The predicted octanol–water partition coefficient (Wildman–Crippen LogP) is 1.66. The van der Waals surface area contributed by atoms with Gasteiger partial charge in [0.15, 0.2) is 5.79 Å². The summed E-state index contributed by atoms with van der Waals surface area (Å²) < 4.78 is 16.7. The number of fused-ring (bicyclic) bond motifs is 1. The highest BCUT2D eigenvalue weighted by Crippen LogP contribution is 2.34. The lowest BCUT2D eigenvalue weighted by molar-refractivity contribution is -0.158. The van der Waals surface area contributed by atoms with Crippen LogP contribution in [0.5, 0.6) is 0 Å². The Morgan fingerprint density at radius 3 is 2.62 bits per heavy atom. The van der Waals surface area contributed by atoms with Crippen LogP contribution in [0.15, 0.2) is 42.5 Å². The Morgan fingerprint density at radius 1 is 1.19 bits per heavy atom. The molecular weight excluding hydrogens is 272 g/mol. The molecule has 0 radical (unpaired) electrons. The molecular formula is C16H18O5. The Balaban J connectivity index is 1.71. The first-order chi connectivity index (χ1) is 9.96. The lowest BCUT2D eigenvalue weighted by Gasteiger charge is -2.30. The van der Waals surface area contributed by atoms with Crippen LogP contribution in [0.1, 0.15) is 24.2 Å².